The number of carbonyl (C=O) groups is 1. The number of nitrogens with one attached hydrogen (secondary N) is 1. The van der Waals surface area contributed by atoms with Crippen molar-refractivity contribution in [1.29, 1.82) is 0 Å². The molecule has 0 aromatic heterocycles. The molecule has 0 saturated carbocycles. The molecule has 2 rings (SSSR count). The van der Waals surface area contributed by atoms with E-state index in [1.54, 1.807) is 14.1 Å². The second-order valence-electron chi connectivity index (χ2n) is 3.66. The van der Waals surface area contributed by atoms with Crippen molar-refractivity contribution in [3.63, 3.8) is 0 Å². The van der Waals surface area contributed by atoms with Gasteiger partial charge in [0, 0.05) is 32.0 Å². The number of nitrogens with two attached hydrogens (primary N) is 1. The molecule has 0 saturated heterocycles. The Hall–Kier alpha value is -1.71. The normalized spacial score (nSPS) is 11.9. The maximum absolute atomic E-state index is 9.43. The van der Waals surface area contributed by atoms with Gasteiger partial charge in [-0.2, -0.15) is 0 Å². The molecule has 0 fully saturated rings. The van der Waals surface area contributed by atoms with E-state index in [2.05, 4.69) is 5.32 Å². The number of rotatable bonds is 1. The summed E-state index contributed by atoms with van der Waals surface area (Å²) in [7, 11) is 3.38. The summed E-state index contributed by atoms with van der Waals surface area (Å²) in [5.74, 6) is 0. The largest absolute Gasteiger partial charge is 0.399 e. The lowest BCUT2D eigenvalue weighted by atomic mass is 10.1. The molecule has 0 radical (unpaired) electrons. The first-order chi connectivity index (χ1) is 7.13. The van der Waals surface area contributed by atoms with Gasteiger partial charge >= 0.3 is 0 Å². The number of hydrogen-bond acceptors (Lipinski definition) is 3. The summed E-state index contributed by atoms with van der Waals surface area (Å²) in [6, 6.07) is 6.00. The van der Waals surface area contributed by atoms with E-state index in [-0.39, 0.29) is 0 Å². The molecule has 3 N–H and O–H groups in total. The highest BCUT2D eigenvalue weighted by Gasteiger charge is 2.07. The Balaban J connectivity index is 0.000000195. The van der Waals surface area contributed by atoms with Gasteiger partial charge in [-0.1, -0.05) is 0 Å². The Morgan fingerprint density at radius 1 is 1.47 bits per heavy atom. The van der Waals surface area contributed by atoms with Crippen molar-refractivity contribution in [2.75, 3.05) is 31.7 Å². The van der Waals surface area contributed by atoms with Gasteiger partial charge < -0.3 is 16.0 Å². The van der Waals surface area contributed by atoms with Gasteiger partial charge in [0.05, 0.1) is 0 Å². The van der Waals surface area contributed by atoms with E-state index < -0.39 is 0 Å². The SMILES string of the molecule is CN(C)C=O.Nc1ccc2c(c1)CCN2. The van der Waals surface area contributed by atoms with Crippen LogP contribution in [0.5, 0.6) is 0 Å². The zero-order valence-electron chi connectivity index (χ0n) is 9.16. The number of fused-ring (bicyclic) bond motifs is 1. The quantitative estimate of drug-likeness (QED) is 0.532. The summed E-state index contributed by atoms with van der Waals surface area (Å²) in [5, 5.41) is 3.27. The van der Waals surface area contributed by atoms with Crippen molar-refractivity contribution in [1.82, 2.24) is 4.90 Å². The molecule has 4 heteroatoms. The van der Waals surface area contributed by atoms with Crippen molar-refractivity contribution < 1.29 is 4.79 Å². The number of amides is 1. The average molecular weight is 207 g/mol. The van der Waals surface area contributed by atoms with Crippen LogP contribution in [-0.4, -0.2) is 32.0 Å². The molecule has 1 aromatic rings. The van der Waals surface area contributed by atoms with Gasteiger partial charge in [0.2, 0.25) is 6.41 Å². The lowest BCUT2D eigenvalue weighted by Gasteiger charge is -1.98. The highest BCUT2D eigenvalue weighted by atomic mass is 16.1. The molecule has 1 amide bonds. The summed E-state index contributed by atoms with van der Waals surface area (Å²) in [6.45, 7) is 1.05. The third-order valence-electron chi connectivity index (χ3n) is 2.05. The van der Waals surface area contributed by atoms with Gasteiger partial charge in [0.15, 0.2) is 0 Å². The van der Waals surface area contributed by atoms with Crippen LogP contribution in [0.4, 0.5) is 11.4 Å². The number of carbonyl (C=O) groups excluding carboxylic acids is 1. The van der Waals surface area contributed by atoms with Crippen LogP contribution < -0.4 is 11.1 Å². The molecule has 0 unspecified atom stereocenters. The van der Waals surface area contributed by atoms with Crippen LogP contribution in [0.15, 0.2) is 18.2 Å². The van der Waals surface area contributed by atoms with Gasteiger partial charge in [-0.25, -0.2) is 0 Å². The van der Waals surface area contributed by atoms with Crippen LogP contribution in [0.25, 0.3) is 0 Å². The molecule has 1 aromatic carbocycles. The third-order valence-corrected chi connectivity index (χ3v) is 2.05. The van der Waals surface area contributed by atoms with Gasteiger partial charge in [0.1, 0.15) is 0 Å². The first-order valence-electron chi connectivity index (χ1n) is 4.87. The van der Waals surface area contributed by atoms with Crippen LogP contribution in [-0.2, 0) is 11.2 Å². The number of benzene rings is 1. The van der Waals surface area contributed by atoms with Crippen LogP contribution in [0, 0.1) is 0 Å². The van der Waals surface area contributed by atoms with Crippen LogP contribution >= 0.6 is 0 Å². The first kappa shape index (κ1) is 11.4. The van der Waals surface area contributed by atoms with Gasteiger partial charge in [0.25, 0.3) is 0 Å². The fourth-order valence-corrected chi connectivity index (χ4v) is 1.32. The Bertz CT molecular complexity index is 337. The molecule has 15 heavy (non-hydrogen) atoms. The van der Waals surface area contributed by atoms with E-state index in [4.69, 9.17) is 5.73 Å². The van der Waals surface area contributed by atoms with E-state index in [0.717, 1.165) is 25.1 Å². The second-order valence-corrected chi connectivity index (χ2v) is 3.66. The fraction of sp³-hybridized carbons (Fsp3) is 0.364. The number of nitrogen functional groups attached to an aromatic ring is 1. The van der Waals surface area contributed by atoms with Crippen LogP contribution in [0.1, 0.15) is 5.56 Å². The highest BCUT2D eigenvalue weighted by Crippen LogP contribution is 2.23. The van der Waals surface area contributed by atoms with Crippen molar-refractivity contribution >= 4 is 17.8 Å². The van der Waals surface area contributed by atoms with E-state index in [1.165, 1.54) is 16.2 Å². The van der Waals surface area contributed by atoms with E-state index in [0.29, 0.717) is 0 Å². The van der Waals surface area contributed by atoms with Crippen molar-refractivity contribution in [2.24, 2.45) is 0 Å². The van der Waals surface area contributed by atoms with E-state index in [9.17, 15) is 4.79 Å². The Labute approximate surface area is 90.1 Å². The standard InChI is InChI=1S/C8H10N2.C3H7NO/c9-7-1-2-8-6(5-7)3-4-10-8;1-4(2)3-5/h1-2,5,10H,3-4,9H2;3H,1-2H3. The molecule has 0 spiro atoms. The summed E-state index contributed by atoms with van der Waals surface area (Å²) in [4.78, 5) is 10.9. The van der Waals surface area contributed by atoms with Gasteiger partial charge in [-0.05, 0) is 30.2 Å². The Morgan fingerprint density at radius 3 is 2.73 bits per heavy atom. The lowest BCUT2D eigenvalue weighted by Crippen LogP contribution is -2.06. The van der Waals surface area contributed by atoms with Gasteiger partial charge in [-0.3, -0.25) is 4.79 Å². The van der Waals surface area contributed by atoms with Crippen molar-refractivity contribution in [2.45, 2.75) is 6.42 Å². The Kier molecular flexibility index (Phi) is 3.97. The molecule has 0 bridgehead atoms. The molecule has 0 aliphatic carbocycles. The van der Waals surface area contributed by atoms with E-state index in [1.807, 2.05) is 18.2 Å². The molecule has 1 aliphatic heterocycles. The first-order valence-corrected chi connectivity index (χ1v) is 4.87. The third kappa shape index (κ3) is 3.50. The molecule has 82 valence electrons. The molecule has 1 heterocycles. The van der Waals surface area contributed by atoms with Crippen LogP contribution in [0.2, 0.25) is 0 Å². The van der Waals surface area contributed by atoms with Crippen molar-refractivity contribution in [3.8, 4) is 0 Å². The molecule has 0 atom stereocenters. The minimum absolute atomic E-state index is 0.750. The summed E-state index contributed by atoms with van der Waals surface area (Å²) in [6.07, 6.45) is 1.86. The number of nitrogens with zero attached hydrogens (tertiary/aromatic N) is 1. The van der Waals surface area contributed by atoms with Gasteiger partial charge in [-0.15, -0.1) is 0 Å². The minimum atomic E-state index is 0.750. The predicted octanol–water partition coefficient (Wildman–Crippen LogP) is 0.941. The smallest absolute Gasteiger partial charge is 0.209 e. The summed E-state index contributed by atoms with van der Waals surface area (Å²) in [5.41, 5.74) is 9.06. The molecule has 1 aliphatic rings. The minimum Gasteiger partial charge on any atom is -0.399 e. The molecule has 4 nitrogen and oxygen atoms in total. The predicted molar refractivity (Wildman–Crippen MR) is 62.8 cm³/mol. The molecular weight excluding hydrogens is 190 g/mol. The zero-order valence-corrected chi connectivity index (χ0v) is 9.16. The number of anilines is 2. The van der Waals surface area contributed by atoms with Crippen LogP contribution in [0.3, 0.4) is 0 Å². The van der Waals surface area contributed by atoms with E-state index >= 15 is 0 Å². The van der Waals surface area contributed by atoms with Crippen molar-refractivity contribution in [3.05, 3.63) is 23.8 Å². The molecular formula is C11H17N3O. The monoisotopic (exact) mass is 207 g/mol. The fourth-order valence-electron chi connectivity index (χ4n) is 1.32. The average Bonchev–Trinajstić information content (AvgIpc) is 2.65. The highest BCUT2D eigenvalue weighted by molar-refractivity contribution is 5.60. The zero-order chi connectivity index (χ0) is 11.3. The number of hydrogen-bond donors (Lipinski definition) is 2. The maximum Gasteiger partial charge on any atom is 0.209 e. The Morgan fingerprint density at radius 2 is 2.13 bits per heavy atom. The summed E-state index contributed by atoms with van der Waals surface area (Å²) < 4.78 is 0. The maximum atomic E-state index is 9.43. The second kappa shape index (κ2) is 5.24. The lowest BCUT2D eigenvalue weighted by molar-refractivity contribution is -0.115. The summed E-state index contributed by atoms with van der Waals surface area (Å²) >= 11 is 0. The topological polar surface area (TPSA) is 58.4 Å².